The van der Waals surface area contributed by atoms with Crippen LogP contribution in [0.5, 0.6) is 0 Å². The van der Waals surface area contributed by atoms with Crippen LogP contribution in [0.2, 0.25) is 0 Å². The second-order valence-electron chi connectivity index (χ2n) is 6.97. The molecule has 0 spiro atoms. The number of nitrogens with one attached hydrogen (secondary N) is 1. The van der Waals surface area contributed by atoms with Crippen LogP contribution in [0, 0.1) is 0 Å². The van der Waals surface area contributed by atoms with Crippen LogP contribution in [0.4, 0.5) is 11.4 Å². The van der Waals surface area contributed by atoms with Gasteiger partial charge in [-0.05, 0) is 38.4 Å². The van der Waals surface area contributed by atoms with Gasteiger partial charge in [0.2, 0.25) is 5.91 Å². The molecule has 1 N–H and O–H groups in total. The number of carbonyl (C=O) groups is 2. The third-order valence-corrected chi connectivity index (χ3v) is 4.58. The summed E-state index contributed by atoms with van der Waals surface area (Å²) in [6, 6.07) is 11.2. The van der Waals surface area contributed by atoms with Crippen LogP contribution < -0.4 is 10.2 Å². The third kappa shape index (κ3) is 4.68. The lowest BCUT2D eigenvalue weighted by molar-refractivity contribution is -0.129. The van der Waals surface area contributed by atoms with E-state index >= 15 is 0 Å². The molecule has 27 heavy (non-hydrogen) atoms. The minimum atomic E-state index is -0.269. The first-order valence-electron chi connectivity index (χ1n) is 9.08. The monoisotopic (exact) mass is 370 g/mol. The molecule has 1 aromatic carbocycles. The Bertz CT molecular complexity index is 807. The van der Waals surface area contributed by atoms with Gasteiger partial charge in [-0.1, -0.05) is 12.1 Å². The lowest BCUT2D eigenvalue weighted by atomic mass is 10.2. The first-order chi connectivity index (χ1) is 12.9. The molecule has 1 fully saturated rings. The van der Waals surface area contributed by atoms with Crippen molar-refractivity contribution in [3.05, 3.63) is 47.9 Å². The van der Waals surface area contributed by atoms with E-state index in [0.29, 0.717) is 25.4 Å². The van der Waals surface area contributed by atoms with E-state index in [4.69, 9.17) is 4.42 Å². The van der Waals surface area contributed by atoms with Gasteiger partial charge in [0, 0.05) is 33.1 Å². The lowest BCUT2D eigenvalue weighted by Gasteiger charge is -2.36. The highest BCUT2D eigenvalue weighted by molar-refractivity contribution is 6.04. The van der Waals surface area contributed by atoms with Crippen LogP contribution in [0.15, 0.2) is 40.8 Å². The molecule has 2 heterocycles. The number of piperazine rings is 1. The fraction of sp³-hybridized carbons (Fsp3) is 0.400. The number of amides is 2. The predicted octanol–water partition coefficient (Wildman–Crippen LogP) is 2.26. The van der Waals surface area contributed by atoms with Crippen molar-refractivity contribution in [2.24, 2.45) is 0 Å². The summed E-state index contributed by atoms with van der Waals surface area (Å²) in [6.07, 6.45) is 0. The molecule has 7 heteroatoms. The number of para-hydroxylation sites is 2. The van der Waals surface area contributed by atoms with Gasteiger partial charge < -0.3 is 24.4 Å². The van der Waals surface area contributed by atoms with E-state index in [1.165, 1.54) is 0 Å². The number of carbonyl (C=O) groups excluding carboxylic acids is 2. The van der Waals surface area contributed by atoms with Gasteiger partial charge in [0.05, 0.1) is 17.9 Å². The Morgan fingerprint density at radius 2 is 1.78 bits per heavy atom. The molecule has 0 saturated carbocycles. The second-order valence-corrected chi connectivity index (χ2v) is 6.97. The summed E-state index contributed by atoms with van der Waals surface area (Å²) in [5, 5.41) is 2.96. The van der Waals surface area contributed by atoms with Gasteiger partial charge in [-0.25, -0.2) is 0 Å². The molecule has 0 bridgehead atoms. The molecule has 144 valence electrons. The molecular weight excluding hydrogens is 344 g/mol. The second kappa shape index (κ2) is 8.26. The molecule has 7 nitrogen and oxygen atoms in total. The van der Waals surface area contributed by atoms with Crippen molar-refractivity contribution >= 4 is 23.2 Å². The minimum absolute atomic E-state index is 0.0996. The molecular formula is C20H26N4O3. The van der Waals surface area contributed by atoms with Crippen molar-refractivity contribution in [1.82, 2.24) is 9.80 Å². The molecule has 3 rings (SSSR count). The maximum absolute atomic E-state index is 12.6. The van der Waals surface area contributed by atoms with Crippen molar-refractivity contribution < 1.29 is 14.0 Å². The van der Waals surface area contributed by atoms with Gasteiger partial charge in [0.25, 0.3) is 5.91 Å². The largest absolute Gasteiger partial charge is 0.455 e. The van der Waals surface area contributed by atoms with Crippen LogP contribution in [-0.4, -0.2) is 61.9 Å². The Morgan fingerprint density at radius 3 is 2.44 bits per heavy atom. The Balaban J connectivity index is 1.70. The number of nitrogens with zero attached hydrogens (tertiary/aromatic N) is 3. The number of hydrogen-bond acceptors (Lipinski definition) is 5. The summed E-state index contributed by atoms with van der Waals surface area (Å²) in [5.41, 5.74) is 1.69. The first-order valence-corrected chi connectivity index (χ1v) is 9.08. The van der Waals surface area contributed by atoms with E-state index in [1.807, 2.05) is 54.2 Å². The van der Waals surface area contributed by atoms with E-state index in [2.05, 4.69) is 10.2 Å². The van der Waals surface area contributed by atoms with E-state index in [9.17, 15) is 9.59 Å². The fourth-order valence-electron chi connectivity index (χ4n) is 3.20. The average Bonchev–Trinajstić information content (AvgIpc) is 3.10. The van der Waals surface area contributed by atoms with Gasteiger partial charge in [-0.2, -0.15) is 0 Å². The van der Waals surface area contributed by atoms with Crippen molar-refractivity contribution in [1.29, 1.82) is 0 Å². The molecule has 1 aromatic heterocycles. The molecule has 1 aliphatic rings. The smallest absolute Gasteiger partial charge is 0.291 e. The number of furan rings is 1. The highest BCUT2D eigenvalue weighted by Gasteiger charge is 2.21. The SMILES string of the molecule is CC(=O)N1CCN(c2ccccc2NC(=O)c2ccc(CN(C)C)o2)CC1. The third-order valence-electron chi connectivity index (χ3n) is 4.58. The number of rotatable bonds is 5. The van der Waals surface area contributed by atoms with Crippen molar-refractivity contribution in [2.45, 2.75) is 13.5 Å². The summed E-state index contributed by atoms with van der Waals surface area (Å²) in [6.45, 7) is 5.08. The van der Waals surface area contributed by atoms with Gasteiger partial charge in [0.15, 0.2) is 5.76 Å². The normalized spacial score (nSPS) is 14.5. The Hall–Kier alpha value is -2.80. The van der Waals surface area contributed by atoms with Crippen LogP contribution in [0.25, 0.3) is 0 Å². The van der Waals surface area contributed by atoms with Crippen molar-refractivity contribution in [3.63, 3.8) is 0 Å². The summed E-state index contributed by atoms with van der Waals surface area (Å²) in [5.74, 6) is 0.874. The Morgan fingerprint density at radius 1 is 1.07 bits per heavy atom. The zero-order chi connectivity index (χ0) is 19.4. The number of anilines is 2. The summed E-state index contributed by atoms with van der Waals surface area (Å²) in [4.78, 5) is 30.1. The summed E-state index contributed by atoms with van der Waals surface area (Å²) >= 11 is 0. The van der Waals surface area contributed by atoms with Crippen LogP contribution in [0.3, 0.4) is 0 Å². The van der Waals surface area contributed by atoms with Crippen LogP contribution >= 0.6 is 0 Å². The Labute approximate surface area is 159 Å². The topological polar surface area (TPSA) is 69.0 Å². The van der Waals surface area contributed by atoms with Gasteiger partial charge >= 0.3 is 0 Å². The molecule has 0 unspecified atom stereocenters. The number of benzene rings is 1. The molecule has 0 atom stereocenters. The minimum Gasteiger partial charge on any atom is -0.455 e. The van der Waals surface area contributed by atoms with E-state index < -0.39 is 0 Å². The standard InChI is InChI=1S/C20H26N4O3/c1-15(25)23-10-12-24(13-11-23)18-7-5-4-6-17(18)21-20(26)19-9-8-16(27-19)14-22(2)3/h4-9H,10-14H2,1-3H3,(H,21,26). The molecule has 1 saturated heterocycles. The quantitative estimate of drug-likeness (QED) is 0.874. The average molecular weight is 370 g/mol. The Kier molecular flexibility index (Phi) is 5.81. The van der Waals surface area contributed by atoms with Crippen LogP contribution in [0.1, 0.15) is 23.2 Å². The zero-order valence-corrected chi connectivity index (χ0v) is 16.1. The molecule has 2 aromatic rings. The molecule has 1 aliphatic heterocycles. The van der Waals surface area contributed by atoms with E-state index in [1.54, 1.807) is 13.0 Å². The highest BCUT2D eigenvalue weighted by Crippen LogP contribution is 2.27. The van der Waals surface area contributed by atoms with Crippen LogP contribution in [-0.2, 0) is 11.3 Å². The maximum Gasteiger partial charge on any atom is 0.291 e. The van der Waals surface area contributed by atoms with E-state index in [-0.39, 0.29) is 11.8 Å². The lowest BCUT2D eigenvalue weighted by Crippen LogP contribution is -2.48. The first kappa shape index (κ1) is 19.0. The van der Waals surface area contributed by atoms with Gasteiger partial charge in [0.1, 0.15) is 5.76 Å². The molecule has 2 amide bonds. The van der Waals surface area contributed by atoms with Crippen molar-refractivity contribution in [2.75, 3.05) is 50.5 Å². The fourth-order valence-corrected chi connectivity index (χ4v) is 3.20. The number of hydrogen-bond donors (Lipinski definition) is 1. The van der Waals surface area contributed by atoms with Gasteiger partial charge in [-0.3, -0.25) is 9.59 Å². The maximum atomic E-state index is 12.6. The highest BCUT2D eigenvalue weighted by atomic mass is 16.4. The summed E-state index contributed by atoms with van der Waals surface area (Å²) < 4.78 is 5.64. The molecule has 0 aliphatic carbocycles. The predicted molar refractivity (Wildman–Crippen MR) is 105 cm³/mol. The zero-order valence-electron chi connectivity index (χ0n) is 16.1. The summed E-state index contributed by atoms with van der Waals surface area (Å²) in [7, 11) is 3.90. The van der Waals surface area contributed by atoms with E-state index in [0.717, 1.165) is 30.2 Å². The van der Waals surface area contributed by atoms with Crippen molar-refractivity contribution in [3.8, 4) is 0 Å². The molecule has 0 radical (unpaired) electrons. The van der Waals surface area contributed by atoms with Gasteiger partial charge in [-0.15, -0.1) is 0 Å².